The number of nitrogens with two attached hydrogens (primary N) is 1. The Labute approximate surface area is 102 Å². The Morgan fingerprint density at radius 2 is 1.94 bits per heavy atom. The highest BCUT2D eigenvalue weighted by atomic mass is 32.1. The van der Waals surface area contributed by atoms with Crippen molar-refractivity contribution in [1.82, 2.24) is 4.98 Å². The van der Waals surface area contributed by atoms with Crippen LogP contribution in [0.4, 0.5) is 8.78 Å². The van der Waals surface area contributed by atoms with Crippen LogP contribution in [0.3, 0.4) is 0 Å². The molecule has 0 amide bonds. The maximum atomic E-state index is 13.0. The van der Waals surface area contributed by atoms with E-state index < -0.39 is 11.6 Å². The highest BCUT2D eigenvalue weighted by molar-refractivity contribution is 7.09. The topological polar surface area (TPSA) is 38.9 Å². The average molecular weight is 254 g/mol. The van der Waals surface area contributed by atoms with Crippen molar-refractivity contribution in [1.29, 1.82) is 0 Å². The summed E-state index contributed by atoms with van der Waals surface area (Å²) in [4.78, 5) is 5.06. The molecule has 2 aromatic rings. The molecule has 5 heteroatoms. The molecule has 0 fully saturated rings. The Hall–Kier alpha value is -1.33. The molecular weight excluding hydrogens is 242 g/mol. The van der Waals surface area contributed by atoms with Crippen molar-refractivity contribution in [2.45, 2.75) is 19.4 Å². The standard InChI is InChI=1S/C12H12F2N2S/c1-7-12(17-6-16-7)11(15)4-8-2-9(13)5-10(14)3-8/h2-3,5-6,11H,4,15H2,1H3. The van der Waals surface area contributed by atoms with Crippen molar-refractivity contribution >= 4 is 11.3 Å². The second-order valence-electron chi connectivity index (χ2n) is 3.89. The van der Waals surface area contributed by atoms with E-state index in [1.54, 1.807) is 5.51 Å². The van der Waals surface area contributed by atoms with Gasteiger partial charge in [0.05, 0.1) is 11.2 Å². The fourth-order valence-corrected chi connectivity index (χ4v) is 2.55. The van der Waals surface area contributed by atoms with Gasteiger partial charge in [0.1, 0.15) is 11.6 Å². The molecule has 0 spiro atoms. The van der Waals surface area contributed by atoms with Crippen molar-refractivity contribution in [3.05, 3.63) is 51.5 Å². The highest BCUT2D eigenvalue weighted by Crippen LogP contribution is 2.23. The lowest BCUT2D eigenvalue weighted by molar-refractivity contribution is 0.576. The Morgan fingerprint density at radius 1 is 1.29 bits per heavy atom. The van der Waals surface area contributed by atoms with Crippen molar-refractivity contribution in [3.8, 4) is 0 Å². The third-order valence-electron chi connectivity index (χ3n) is 2.50. The zero-order valence-corrected chi connectivity index (χ0v) is 10.1. The first-order valence-corrected chi connectivity index (χ1v) is 6.05. The van der Waals surface area contributed by atoms with Crippen LogP contribution in [0.15, 0.2) is 23.7 Å². The third-order valence-corrected chi connectivity index (χ3v) is 3.56. The molecule has 2 rings (SSSR count). The van der Waals surface area contributed by atoms with Crippen LogP contribution < -0.4 is 5.73 Å². The first-order valence-electron chi connectivity index (χ1n) is 5.17. The maximum Gasteiger partial charge on any atom is 0.126 e. The summed E-state index contributed by atoms with van der Waals surface area (Å²) < 4.78 is 26.0. The summed E-state index contributed by atoms with van der Waals surface area (Å²) in [6.07, 6.45) is 0.401. The molecule has 0 radical (unpaired) electrons. The van der Waals surface area contributed by atoms with Crippen LogP contribution in [0.2, 0.25) is 0 Å². The van der Waals surface area contributed by atoms with Crippen LogP contribution in [0.1, 0.15) is 22.2 Å². The van der Waals surface area contributed by atoms with E-state index in [0.29, 0.717) is 12.0 Å². The van der Waals surface area contributed by atoms with Gasteiger partial charge in [0, 0.05) is 17.0 Å². The lowest BCUT2D eigenvalue weighted by Crippen LogP contribution is -2.13. The Bertz CT molecular complexity index is 505. The molecule has 90 valence electrons. The van der Waals surface area contributed by atoms with Crippen LogP contribution in [0.5, 0.6) is 0 Å². The Kier molecular flexibility index (Phi) is 3.49. The molecule has 17 heavy (non-hydrogen) atoms. The van der Waals surface area contributed by atoms with Gasteiger partial charge in [0.15, 0.2) is 0 Å². The van der Waals surface area contributed by atoms with Crippen molar-refractivity contribution < 1.29 is 8.78 Å². The first kappa shape index (κ1) is 12.1. The number of thiazole rings is 1. The quantitative estimate of drug-likeness (QED) is 0.914. The van der Waals surface area contributed by atoms with Gasteiger partial charge in [0.25, 0.3) is 0 Å². The number of halogens is 2. The number of rotatable bonds is 3. The summed E-state index contributed by atoms with van der Waals surface area (Å²) in [5, 5.41) is 0. The van der Waals surface area contributed by atoms with E-state index in [1.807, 2.05) is 6.92 Å². The van der Waals surface area contributed by atoms with Crippen molar-refractivity contribution in [2.24, 2.45) is 5.73 Å². The van der Waals surface area contributed by atoms with E-state index in [2.05, 4.69) is 4.98 Å². The molecule has 2 nitrogen and oxygen atoms in total. The fraction of sp³-hybridized carbons (Fsp3) is 0.250. The molecule has 0 aliphatic rings. The van der Waals surface area contributed by atoms with E-state index >= 15 is 0 Å². The second kappa shape index (κ2) is 4.89. The van der Waals surface area contributed by atoms with Gasteiger partial charge in [-0.15, -0.1) is 11.3 Å². The van der Waals surface area contributed by atoms with Gasteiger partial charge in [0.2, 0.25) is 0 Å². The molecule has 1 atom stereocenters. The predicted molar refractivity (Wildman–Crippen MR) is 63.8 cm³/mol. The molecule has 1 heterocycles. The molecule has 1 aromatic heterocycles. The number of aryl methyl sites for hydroxylation is 1. The van der Waals surface area contributed by atoms with Gasteiger partial charge in [-0.25, -0.2) is 13.8 Å². The monoisotopic (exact) mass is 254 g/mol. The van der Waals surface area contributed by atoms with E-state index in [1.165, 1.54) is 23.5 Å². The normalized spacial score (nSPS) is 12.7. The van der Waals surface area contributed by atoms with E-state index in [0.717, 1.165) is 16.6 Å². The van der Waals surface area contributed by atoms with Gasteiger partial charge in [-0.05, 0) is 31.0 Å². The summed E-state index contributed by atoms with van der Waals surface area (Å²) in [5.41, 5.74) is 9.15. The summed E-state index contributed by atoms with van der Waals surface area (Å²) in [7, 11) is 0. The van der Waals surface area contributed by atoms with Crippen LogP contribution in [0, 0.1) is 18.6 Å². The number of benzene rings is 1. The fourth-order valence-electron chi connectivity index (χ4n) is 1.74. The molecule has 2 N–H and O–H groups in total. The molecular formula is C12H12F2N2S. The molecule has 0 saturated carbocycles. The van der Waals surface area contributed by atoms with Crippen molar-refractivity contribution in [3.63, 3.8) is 0 Å². The van der Waals surface area contributed by atoms with Gasteiger partial charge < -0.3 is 5.73 Å². The molecule has 1 aromatic carbocycles. The maximum absolute atomic E-state index is 13.0. The minimum atomic E-state index is -0.576. The van der Waals surface area contributed by atoms with Gasteiger partial charge in [-0.1, -0.05) is 0 Å². The number of hydrogen-bond donors (Lipinski definition) is 1. The predicted octanol–water partition coefficient (Wildman–Crippen LogP) is 2.97. The number of nitrogens with zero attached hydrogens (tertiary/aromatic N) is 1. The van der Waals surface area contributed by atoms with E-state index in [4.69, 9.17) is 5.73 Å². The Morgan fingerprint density at radius 3 is 2.47 bits per heavy atom. The van der Waals surface area contributed by atoms with Crippen molar-refractivity contribution in [2.75, 3.05) is 0 Å². The lowest BCUT2D eigenvalue weighted by Gasteiger charge is -2.10. The molecule has 1 unspecified atom stereocenters. The van der Waals surface area contributed by atoms with Gasteiger partial charge in [-0.3, -0.25) is 0 Å². The SMILES string of the molecule is Cc1ncsc1C(N)Cc1cc(F)cc(F)c1. The molecule has 0 aliphatic heterocycles. The lowest BCUT2D eigenvalue weighted by atomic mass is 10.0. The third kappa shape index (κ3) is 2.87. The van der Waals surface area contributed by atoms with E-state index in [9.17, 15) is 8.78 Å². The highest BCUT2D eigenvalue weighted by Gasteiger charge is 2.13. The van der Waals surface area contributed by atoms with Crippen LogP contribution in [-0.4, -0.2) is 4.98 Å². The first-order chi connectivity index (χ1) is 8.06. The minimum absolute atomic E-state index is 0.274. The summed E-state index contributed by atoms with van der Waals surface area (Å²) >= 11 is 1.46. The summed E-state index contributed by atoms with van der Waals surface area (Å²) in [5.74, 6) is -1.15. The summed E-state index contributed by atoms with van der Waals surface area (Å²) in [6.45, 7) is 1.87. The smallest absolute Gasteiger partial charge is 0.126 e. The largest absolute Gasteiger partial charge is 0.323 e. The molecule has 0 saturated heterocycles. The Balaban J connectivity index is 2.18. The molecule has 0 bridgehead atoms. The van der Waals surface area contributed by atoms with Crippen LogP contribution >= 0.6 is 11.3 Å². The van der Waals surface area contributed by atoms with Gasteiger partial charge in [-0.2, -0.15) is 0 Å². The zero-order chi connectivity index (χ0) is 12.4. The van der Waals surface area contributed by atoms with Crippen LogP contribution in [-0.2, 0) is 6.42 Å². The zero-order valence-electron chi connectivity index (χ0n) is 9.28. The van der Waals surface area contributed by atoms with Crippen LogP contribution in [0.25, 0.3) is 0 Å². The number of hydrogen-bond acceptors (Lipinski definition) is 3. The average Bonchev–Trinajstić information content (AvgIpc) is 2.62. The minimum Gasteiger partial charge on any atom is -0.323 e. The number of aromatic nitrogens is 1. The second-order valence-corrected chi connectivity index (χ2v) is 4.78. The summed E-state index contributed by atoms with van der Waals surface area (Å²) in [6, 6.07) is 3.19. The van der Waals surface area contributed by atoms with E-state index in [-0.39, 0.29) is 6.04 Å². The van der Waals surface area contributed by atoms with Gasteiger partial charge >= 0.3 is 0 Å². The molecule has 0 aliphatic carbocycles.